The Morgan fingerprint density at radius 2 is 2.31 bits per heavy atom. The number of carboxylic acid groups (broad SMARTS) is 1. The zero-order chi connectivity index (χ0) is 12.1. The summed E-state index contributed by atoms with van der Waals surface area (Å²) in [4.78, 5) is 21.7. The van der Waals surface area contributed by atoms with Gasteiger partial charge in [-0.3, -0.25) is 0 Å². The first-order valence-corrected chi connectivity index (χ1v) is 4.91. The second kappa shape index (κ2) is 5.46. The lowest BCUT2D eigenvalue weighted by atomic mass is 9.90. The Morgan fingerprint density at radius 1 is 1.62 bits per heavy atom. The summed E-state index contributed by atoms with van der Waals surface area (Å²) < 4.78 is 4.57. The molecule has 2 atom stereocenters. The minimum absolute atomic E-state index is 0.0974. The Hall–Kier alpha value is -1.62. The summed E-state index contributed by atoms with van der Waals surface area (Å²) in [5, 5.41) is 17.7. The molecule has 0 spiro atoms. The first-order chi connectivity index (χ1) is 7.54. The van der Waals surface area contributed by atoms with Crippen LogP contribution in [-0.4, -0.2) is 35.4 Å². The van der Waals surface area contributed by atoms with E-state index < -0.39 is 18.0 Å². The highest BCUT2D eigenvalue weighted by molar-refractivity contribution is 5.89. The van der Waals surface area contributed by atoms with Crippen molar-refractivity contribution in [1.82, 2.24) is 0 Å². The van der Waals surface area contributed by atoms with Gasteiger partial charge in [0.2, 0.25) is 0 Å². The number of carboxylic acids is 1. The SMILES string of the molecule is COC(=O)C1=CC=CC(CC(O)C(=O)O)C1. The molecule has 1 aliphatic carbocycles. The van der Waals surface area contributed by atoms with E-state index in [0.717, 1.165) is 0 Å². The van der Waals surface area contributed by atoms with Crippen molar-refractivity contribution in [2.24, 2.45) is 5.92 Å². The molecule has 0 bridgehead atoms. The van der Waals surface area contributed by atoms with Crippen molar-refractivity contribution < 1.29 is 24.5 Å². The van der Waals surface area contributed by atoms with Gasteiger partial charge in [-0.1, -0.05) is 18.2 Å². The van der Waals surface area contributed by atoms with Crippen LogP contribution in [0.5, 0.6) is 0 Å². The number of allylic oxidation sites excluding steroid dienone is 3. The first-order valence-electron chi connectivity index (χ1n) is 4.91. The molecule has 88 valence electrons. The van der Waals surface area contributed by atoms with Crippen LogP contribution in [0.1, 0.15) is 12.8 Å². The lowest BCUT2D eigenvalue weighted by molar-refractivity contribution is -0.147. The van der Waals surface area contributed by atoms with Crippen molar-refractivity contribution in [3.05, 3.63) is 23.8 Å². The van der Waals surface area contributed by atoms with E-state index in [2.05, 4.69) is 4.74 Å². The zero-order valence-electron chi connectivity index (χ0n) is 8.92. The quantitative estimate of drug-likeness (QED) is 0.682. The fourth-order valence-corrected chi connectivity index (χ4v) is 1.58. The molecule has 2 N–H and O–H groups in total. The Balaban J connectivity index is 2.56. The molecule has 0 saturated carbocycles. The second-order valence-corrected chi connectivity index (χ2v) is 3.62. The summed E-state index contributed by atoms with van der Waals surface area (Å²) in [6.07, 6.45) is 4.18. The van der Waals surface area contributed by atoms with E-state index in [4.69, 9.17) is 5.11 Å². The van der Waals surface area contributed by atoms with Crippen LogP contribution in [0, 0.1) is 5.92 Å². The van der Waals surface area contributed by atoms with Gasteiger partial charge in [0.1, 0.15) is 0 Å². The molecule has 5 heteroatoms. The number of aliphatic hydroxyl groups excluding tert-OH is 1. The maximum atomic E-state index is 11.2. The summed E-state index contributed by atoms with van der Waals surface area (Å²) in [6.45, 7) is 0. The Labute approximate surface area is 93.0 Å². The molecule has 2 unspecified atom stereocenters. The van der Waals surface area contributed by atoms with E-state index in [1.165, 1.54) is 7.11 Å². The van der Waals surface area contributed by atoms with Crippen molar-refractivity contribution in [2.75, 3.05) is 7.11 Å². The molecule has 0 aromatic rings. The maximum Gasteiger partial charge on any atom is 0.333 e. The van der Waals surface area contributed by atoms with E-state index in [0.29, 0.717) is 12.0 Å². The predicted octanol–water partition coefficient (Wildman–Crippen LogP) is 0.497. The molecule has 0 aromatic heterocycles. The lowest BCUT2D eigenvalue weighted by Crippen LogP contribution is -2.24. The molecule has 0 aliphatic heterocycles. The number of hydrogen-bond acceptors (Lipinski definition) is 4. The third-order valence-corrected chi connectivity index (χ3v) is 2.42. The Morgan fingerprint density at radius 3 is 2.88 bits per heavy atom. The molecule has 0 fully saturated rings. The van der Waals surface area contributed by atoms with Crippen LogP contribution in [0.4, 0.5) is 0 Å². The van der Waals surface area contributed by atoms with Gasteiger partial charge in [-0.15, -0.1) is 0 Å². The van der Waals surface area contributed by atoms with Crippen LogP contribution in [0.15, 0.2) is 23.8 Å². The molecule has 0 radical (unpaired) electrons. The van der Waals surface area contributed by atoms with Crippen molar-refractivity contribution in [3.8, 4) is 0 Å². The summed E-state index contributed by atoms with van der Waals surface area (Å²) >= 11 is 0. The standard InChI is InChI=1S/C11H14O5/c1-16-11(15)8-4-2-3-7(5-8)6-9(12)10(13)14/h2-4,7,9,12H,5-6H2,1H3,(H,13,14). The van der Waals surface area contributed by atoms with Crippen LogP contribution in [0.25, 0.3) is 0 Å². The monoisotopic (exact) mass is 226 g/mol. The molecule has 5 nitrogen and oxygen atoms in total. The number of carbonyl (C=O) groups is 2. The molecule has 0 amide bonds. The summed E-state index contributed by atoms with van der Waals surface area (Å²) in [5.41, 5.74) is 0.493. The minimum atomic E-state index is -1.40. The van der Waals surface area contributed by atoms with Crippen LogP contribution in [0.3, 0.4) is 0 Å². The van der Waals surface area contributed by atoms with Gasteiger partial charge in [-0.2, -0.15) is 0 Å². The molecule has 1 aliphatic rings. The number of hydrogen-bond donors (Lipinski definition) is 2. The highest BCUT2D eigenvalue weighted by Gasteiger charge is 2.22. The Bertz CT molecular complexity index is 342. The van der Waals surface area contributed by atoms with Gasteiger partial charge in [-0.25, -0.2) is 9.59 Å². The summed E-state index contributed by atoms with van der Waals surface area (Å²) in [6, 6.07) is 0. The number of aliphatic carboxylic acids is 1. The van der Waals surface area contributed by atoms with Gasteiger partial charge in [0, 0.05) is 5.57 Å². The number of rotatable bonds is 4. The molecule has 0 saturated heterocycles. The summed E-state index contributed by atoms with van der Waals surface area (Å²) in [5.74, 6) is -1.81. The predicted molar refractivity (Wildman–Crippen MR) is 55.6 cm³/mol. The number of carbonyl (C=O) groups excluding carboxylic acids is 1. The number of aliphatic hydroxyl groups is 1. The first kappa shape index (κ1) is 12.4. The highest BCUT2D eigenvalue weighted by atomic mass is 16.5. The number of methoxy groups -OCH3 is 1. The zero-order valence-corrected chi connectivity index (χ0v) is 8.92. The van der Waals surface area contributed by atoms with E-state index in [-0.39, 0.29) is 12.3 Å². The fourth-order valence-electron chi connectivity index (χ4n) is 1.58. The summed E-state index contributed by atoms with van der Waals surface area (Å²) in [7, 11) is 1.29. The molecule has 16 heavy (non-hydrogen) atoms. The van der Waals surface area contributed by atoms with Gasteiger partial charge in [0.15, 0.2) is 6.10 Å². The molecular weight excluding hydrogens is 212 g/mol. The van der Waals surface area contributed by atoms with E-state index in [1.807, 2.05) is 0 Å². The van der Waals surface area contributed by atoms with Crippen LogP contribution < -0.4 is 0 Å². The van der Waals surface area contributed by atoms with E-state index in [9.17, 15) is 14.7 Å². The van der Waals surface area contributed by atoms with Crippen LogP contribution >= 0.6 is 0 Å². The molecule has 1 rings (SSSR count). The number of ether oxygens (including phenoxy) is 1. The van der Waals surface area contributed by atoms with Gasteiger partial charge in [-0.05, 0) is 18.8 Å². The topological polar surface area (TPSA) is 83.8 Å². The third-order valence-electron chi connectivity index (χ3n) is 2.42. The molecule has 0 aromatic carbocycles. The third kappa shape index (κ3) is 3.20. The van der Waals surface area contributed by atoms with Crippen molar-refractivity contribution in [1.29, 1.82) is 0 Å². The smallest absolute Gasteiger partial charge is 0.333 e. The normalized spacial score (nSPS) is 21.1. The highest BCUT2D eigenvalue weighted by Crippen LogP contribution is 2.23. The van der Waals surface area contributed by atoms with Gasteiger partial charge < -0.3 is 14.9 Å². The van der Waals surface area contributed by atoms with Crippen molar-refractivity contribution in [2.45, 2.75) is 18.9 Å². The lowest BCUT2D eigenvalue weighted by Gasteiger charge is -2.18. The van der Waals surface area contributed by atoms with Crippen molar-refractivity contribution in [3.63, 3.8) is 0 Å². The van der Waals surface area contributed by atoms with Crippen LogP contribution in [0.2, 0.25) is 0 Å². The average Bonchev–Trinajstić information content (AvgIpc) is 2.28. The minimum Gasteiger partial charge on any atom is -0.479 e. The number of esters is 1. The Kier molecular flexibility index (Phi) is 4.25. The molecule has 0 heterocycles. The van der Waals surface area contributed by atoms with Crippen LogP contribution in [-0.2, 0) is 14.3 Å². The second-order valence-electron chi connectivity index (χ2n) is 3.62. The van der Waals surface area contributed by atoms with E-state index in [1.54, 1.807) is 18.2 Å². The average molecular weight is 226 g/mol. The van der Waals surface area contributed by atoms with Gasteiger partial charge >= 0.3 is 11.9 Å². The van der Waals surface area contributed by atoms with Crippen molar-refractivity contribution >= 4 is 11.9 Å². The largest absolute Gasteiger partial charge is 0.479 e. The fraction of sp³-hybridized carbons (Fsp3) is 0.455. The maximum absolute atomic E-state index is 11.2. The molecular formula is C11H14O5. The van der Waals surface area contributed by atoms with E-state index >= 15 is 0 Å². The van der Waals surface area contributed by atoms with Gasteiger partial charge in [0.25, 0.3) is 0 Å². The van der Waals surface area contributed by atoms with Gasteiger partial charge in [0.05, 0.1) is 7.11 Å².